The van der Waals surface area contributed by atoms with E-state index in [0.717, 1.165) is 57.2 Å². The van der Waals surface area contributed by atoms with Crippen molar-refractivity contribution in [1.82, 2.24) is 10.2 Å². The Morgan fingerprint density at radius 3 is 2.67 bits per heavy atom. The van der Waals surface area contributed by atoms with Crippen molar-refractivity contribution >= 4 is 11.8 Å². The fourth-order valence-electron chi connectivity index (χ4n) is 3.72. The number of nitrogens with one attached hydrogen (secondary N) is 1. The molecule has 1 aromatic rings. The summed E-state index contributed by atoms with van der Waals surface area (Å²) in [5, 5.41) is 3.00. The van der Waals surface area contributed by atoms with Gasteiger partial charge in [-0.1, -0.05) is 12.5 Å². The number of nitrogens with zero attached hydrogens (tertiary/aromatic N) is 1. The first kappa shape index (κ1) is 17.0. The molecule has 0 bridgehead atoms. The number of likely N-dealkylation sites (tertiary alicyclic amines) is 1. The maximum absolute atomic E-state index is 12.3. The Labute approximate surface area is 144 Å². The lowest BCUT2D eigenvalue weighted by Crippen LogP contribution is -2.34. The zero-order chi connectivity index (χ0) is 16.8. The Morgan fingerprint density at radius 2 is 1.79 bits per heavy atom. The molecule has 24 heavy (non-hydrogen) atoms. The van der Waals surface area contributed by atoms with Gasteiger partial charge in [0.2, 0.25) is 5.91 Å². The lowest BCUT2D eigenvalue weighted by molar-refractivity contribution is -0.130. The van der Waals surface area contributed by atoms with Gasteiger partial charge in [-0.05, 0) is 68.2 Å². The van der Waals surface area contributed by atoms with Crippen LogP contribution in [0.4, 0.5) is 0 Å². The van der Waals surface area contributed by atoms with Crippen LogP contribution in [0.15, 0.2) is 18.2 Å². The van der Waals surface area contributed by atoms with Crippen LogP contribution < -0.4 is 5.32 Å². The largest absolute Gasteiger partial charge is 0.352 e. The van der Waals surface area contributed by atoms with Crippen molar-refractivity contribution in [2.24, 2.45) is 0 Å². The van der Waals surface area contributed by atoms with Crippen LogP contribution in [0.2, 0.25) is 0 Å². The second-order valence-corrected chi connectivity index (χ2v) is 6.99. The Hall–Kier alpha value is -1.84. The molecule has 2 amide bonds. The minimum atomic E-state index is 0.00515. The lowest BCUT2D eigenvalue weighted by atomic mass is 9.90. The van der Waals surface area contributed by atoms with Crippen LogP contribution in [-0.4, -0.2) is 36.3 Å². The van der Waals surface area contributed by atoms with Crippen molar-refractivity contribution in [1.29, 1.82) is 0 Å². The van der Waals surface area contributed by atoms with E-state index in [9.17, 15) is 9.59 Å². The molecule has 3 rings (SSSR count). The third-order valence-corrected chi connectivity index (χ3v) is 5.17. The number of benzene rings is 1. The fourth-order valence-corrected chi connectivity index (χ4v) is 3.72. The first-order valence-corrected chi connectivity index (χ1v) is 9.42. The van der Waals surface area contributed by atoms with Crippen molar-refractivity contribution in [3.8, 4) is 0 Å². The van der Waals surface area contributed by atoms with Gasteiger partial charge >= 0.3 is 0 Å². The van der Waals surface area contributed by atoms with E-state index in [0.29, 0.717) is 13.0 Å². The number of hydrogen-bond donors (Lipinski definition) is 1. The zero-order valence-corrected chi connectivity index (χ0v) is 14.5. The molecule has 0 unspecified atom stereocenters. The zero-order valence-electron chi connectivity index (χ0n) is 14.5. The third kappa shape index (κ3) is 4.37. The molecule has 0 radical (unpaired) electrons. The van der Waals surface area contributed by atoms with Crippen LogP contribution in [0.1, 0.15) is 66.4 Å². The standard InChI is InChI=1S/C20H28N2O2/c23-19-9-2-1-5-13-22(19)14-6-12-21-20(24)18-11-10-16-7-3-4-8-17(16)15-18/h10-11,15H,1-9,12-14H2,(H,21,24). The smallest absolute Gasteiger partial charge is 0.251 e. The molecular weight excluding hydrogens is 300 g/mol. The van der Waals surface area contributed by atoms with Crippen LogP contribution in [0.25, 0.3) is 0 Å². The molecule has 4 nitrogen and oxygen atoms in total. The van der Waals surface area contributed by atoms with Crippen LogP contribution >= 0.6 is 0 Å². The number of fused-ring (bicyclic) bond motifs is 1. The fraction of sp³-hybridized carbons (Fsp3) is 0.600. The Bertz CT molecular complexity index is 597. The van der Waals surface area contributed by atoms with E-state index in [4.69, 9.17) is 0 Å². The molecule has 0 aromatic heterocycles. The highest BCUT2D eigenvalue weighted by atomic mass is 16.2. The van der Waals surface area contributed by atoms with Crippen LogP contribution in [-0.2, 0) is 17.6 Å². The monoisotopic (exact) mass is 328 g/mol. The molecule has 1 aliphatic heterocycles. The quantitative estimate of drug-likeness (QED) is 0.845. The average molecular weight is 328 g/mol. The minimum absolute atomic E-state index is 0.00515. The van der Waals surface area contributed by atoms with Crippen molar-refractivity contribution in [2.75, 3.05) is 19.6 Å². The Morgan fingerprint density at radius 1 is 1.00 bits per heavy atom. The van der Waals surface area contributed by atoms with Gasteiger partial charge in [-0.15, -0.1) is 0 Å². The molecule has 4 heteroatoms. The summed E-state index contributed by atoms with van der Waals surface area (Å²) in [6, 6.07) is 6.11. The molecule has 1 aliphatic carbocycles. The highest BCUT2D eigenvalue weighted by Crippen LogP contribution is 2.22. The maximum atomic E-state index is 12.3. The summed E-state index contributed by atoms with van der Waals surface area (Å²) >= 11 is 0. The summed E-state index contributed by atoms with van der Waals surface area (Å²) in [4.78, 5) is 26.2. The number of amides is 2. The topological polar surface area (TPSA) is 49.4 Å². The second-order valence-electron chi connectivity index (χ2n) is 6.99. The highest BCUT2D eigenvalue weighted by molar-refractivity contribution is 5.94. The SMILES string of the molecule is O=C(NCCCN1CCCCCC1=O)c1ccc2c(c1)CCCC2. The highest BCUT2D eigenvalue weighted by Gasteiger charge is 2.16. The summed E-state index contributed by atoms with van der Waals surface area (Å²) in [6.45, 7) is 2.25. The normalized spacial score (nSPS) is 18.0. The van der Waals surface area contributed by atoms with Crippen molar-refractivity contribution < 1.29 is 9.59 Å². The molecule has 2 aliphatic rings. The Balaban J connectivity index is 1.44. The predicted molar refractivity (Wildman–Crippen MR) is 95.1 cm³/mol. The molecule has 1 saturated heterocycles. The summed E-state index contributed by atoms with van der Waals surface area (Å²) in [5.41, 5.74) is 3.50. The van der Waals surface area contributed by atoms with Gasteiger partial charge in [-0.2, -0.15) is 0 Å². The summed E-state index contributed by atoms with van der Waals surface area (Å²) < 4.78 is 0. The summed E-state index contributed by atoms with van der Waals surface area (Å²) in [5.74, 6) is 0.277. The van der Waals surface area contributed by atoms with Gasteiger partial charge in [0.25, 0.3) is 5.91 Å². The maximum Gasteiger partial charge on any atom is 0.251 e. The molecule has 0 atom stereocenters. The lowest BCUT2D eigenvalue weighted by Gasteiger charge is -2.20. The van der Waals surface area contributed by atoms with Gasteiger partial charge < -0.3 is 10.2 Å². The van der Waals surface area contributed by atoms with Gasteiger partial charge in [0, 0.05) is 31.6 Å². The van der Waals surface area contributed by atoms with E-state index >= 15 is 0 Å². The van der Waals surface area contributed by atoms with E-state index in [2.05, 4.69) is 17.4 Å². The van der Waals surface area contributed by atoms with E-state index in [1.54, 1.807) is 0 Å². The number of carbonyl (C=O) groups excluding carboxylic acids is 2. The Kier molecular flexibility index (Phi) is 5.89. The number of aryl methyl sites for hydroxylation is 2. The van der Waals surface area contributed by atoms with Crippen LogP contribution in [0.3, 0.4) is 0 Å². The van der Waals surface area contributed by atoms with Crippen LogP contribution in [0.5, 0.6) is 0 Å². The van der Waals surface area contributed by atoms with E-state index in [-0.39, 0.29) is 11.8 Å². The average Bonchev–Trinajstić information content (AvgIpc) is 2.82. The van der Waals surface area contributed by atoms with E-state index in [1.165, 1.54) is 24.0 Å². The van der Waals surface area contributed by atoms with Gasteiger partial charge in [-0.25, -0.2) is 0 Å². The van der Waals surface area contributed by atoms with E-state index < -0.39 is 0 Å². The number of carbonyl (C=O) groups is 2. The minimum Gasteiger partial charge on any atom is -0.352 e. The van der Waals surface area contributed by atoms with Crippen molar-refractivity contribution in [2.45, 2.75) is 57.8 Å². The van der Waals surface area contributed by atoms with Crippen molar-refractivity contribution in [3.63, 3.8) is 0 Å². The van der Waals surface area contributed by atoms with Gasteiger partial charge in [0.1, 0.15) is 0 Å². The molecular formula is C20H28N2O2. The number of rotatable bonds is 5. The first-order valence-electron chi connectivity index (χ1n) is 9.42. The third-order valence-electron chi connectivity index (χ3n) is 5.17. The van der Waals surface area contributed by atoms with Crippen molar-refractivity contribution in [3.05, 3.63) is 34.9 Å². The molecule has 1 N–H and O–H groups in total. The molecule has 0 spiro atoms. The predicted octanol–water partition coefficient (Wildman–Crippen LogP) is 3.09. The molecule has 0 saturated carbocycles. The number of hydrogen-bond acceptors (Lipinski definition) is 2. The second kappa shape index (κ2) is 8.32. The van der Waals surface area contributed by atoms with Crippen LogP contribution in [0, 0.1) is 0 Å². The molecule has 130 valence electrons. The van der Waals surface area contributed by atoms with Gasteiger partial charge in [0.15, 0.2) is 0 Å². The molecule has 1 heterocycles. The first-order chi connectivity index (χ1) is 11.7. The van der Waals surface area contributed by atoms with Gasteiger partial charge in [0.05, 0.1) is 0 Å². The van der Waals surface area contributed by atoms with E-state index in [1.807, 2.05) is 11.0 Å². The van der Waals surface area contributed by atoms with Gasteiger partial charge in [-0.3, -0.25) is 9.59 Å². The summed E-state index contributed by atoms with van der Waals surface area (Å²) in [7, 11) is 0. The summed E-state index contributed by atoms with van der Waals surface area (Å²) in [6.07, 6.45) is 9.49. The molecule has 1 fully saturated rings. The molecule has 1 aromatic carbocycles.